The fraction of sp³-hybridized carbons (Fsp3) is 0.375. The van der Waals surface area contributed by atoms with Gasteiger partial charge in [-0.3, -0.25) is 4.90 Å². The van der Waals surface area contributed by atoms with Crippen LogP contribution in [-0.2, 0) is 6.42 Å². The number of fused-ring (bicyclic) bond motifs is 1. The third kappa shape index (κ3) is 2.73. The summed E-state index contributed by atoms with van der Waals surface area (Å²) in [5, 5.41) is 2.30. The lowest BCUT2D eigenvalue weighted by Gasteiger charge is -2.39. The first kappa shape index (κ1) is 15.0. The first-order valence-corrected chi connectivity index (χ1v) is 8.34. The van der Waals surface area contributed by atoms with E-state index < -0.39 is 0 Å². The van der Waals surface area contributed by atoms with Gasteiger partial charge in [-0.1, -0.05) is 17.7 Å². The summed E-state index contributed by atoms with van der Waals surface area (Å²) in [5.41, 5.74) is 8.25. The smallest absolute Gasteiger partial charge is 0.142 e. The average Bonchev–Trinajstić information content (AvgIpc) is 2.95. The van der Waals surface area contributed by atoms with E-state index in [0.29, 0.717) is 12.6 Å². The van der Waals surface area contributed by atoms with Crippen LogP contribution in [0.3, 0.4) is 0 Å². The van der Waals surface area contributed by atoms with Gasteiger partial charge in [-0.05, 0) is 48.1 Å². The van der Waals surface area contributed by atoms with Crippen LogP contribution in [0.5, 0.6) is 0 Å². The number of benzene rings is 1. The predicted molar refractivity (Wildman–Crippen MR) is 86.3 cm³/mol. The lowest BCUT2D eigenvalue weighted by Crippen LogP contribution is -2.39. The summed E-state index contributed by atoms with van der Waals surface area (Å²) < 4.78 is 13.7. The molecule has 0 saturated heterocycles. The minimum absolute atomic E-state index is 0.0137. The van der Waals surface area contributed by atoms with Crippen molar-refractivity contribution in [3.8, 4) is 0 Å². The fourth-order valence-corrected chi connectivity index (χ4v) is 4.22. The van der Waals surface area contributed by atoms with E-state index in [1.54, 1.807) is 6.07 Å². The second-order valence-electron chi connectivity index (χ2n) is 5.39. The Morgan fingerprint density at radius 1 is 1.48 bits per heavy atom. The molecule has 1 aliphatic heterocycles. The molecule has 0 spiro atoms. The zero-order chi connectivity index (χ0) is 15.0. The lowest BCUT2D eigenvalue weighted by atomic mass is 9.96. The zero-order valence-electron chi connectivity index (χ0n) is 11.9. The van der Waals surface area contributed by atoms with Crippen molar-refractivity contribution in [2.45, 2.75) is 25.4 Å². The van der Waals surface area contributed by atoms with E-state index in [4.69, 9.17) is 17.3 Å². The molecule has 2 N–H and O–H groups in total. The lowest BCUT2D eigenvalue weighted by molar-refractivity contribution is 0.138. The van der Waals surface area contributed by atoms with Crippen LogP contribution in [0.15, 0.2) is 29.6 Å². The highest BCUT2D eigenvalue weighted by molar-refractivity contribution is 7.10. The van der Waals surface area contributed by atoms with Crippen molar-refractivity contribution in [3.05, 3.63) is 56.5 Å². The fourth-order valence-electron chi connectivity index (χ4n) is 3.14. The van der Waals surface area contributed by atoms with Crippen molar-refractivity contribution < 1.29 is 4.39 Å². The molecular formula is C16H18ClFN2S. The zero-order valence-corrected chi connectivity index (χ0v) is 13.4. The number of thiophene rings is 1. The maximum Gasteiger partial charge on any atom is 0.142 e. The Bertz CT molecular complexity index is 643. The average molecular weight is 325 g/mol. The van der Waals surface area contributed by atoms with Crippen molar-refractivity contribution in [2.75, 3.05) is 13.1 Å². The van der Waals surface area contributed by atoms with Gasteiger partial charge in [-0.2, -0.15) is 0 Å². The van der Waals surface area contributed by atoms with E-state index in [2.05, 4.69) is 23.3 Å². The third-order valence-corrected chi connectivity index (χ3v) is 5.58. The molecule has 1 aliphatic rings. The van der Waals surface area contributed by atoms with E-state index in [-0.39, 0.29) is 16.9 Å². The number of rotatable bonds is 3. The number of hydrogen-bond donors (Lipinski definition) is 1. The van der Waals surface area contributed by atoms with Gasteiger partial charge in [0.1, 0.15) is 5.82 Å². The van der Waals surface area contributed by atoms with E-state index in [1.807, 2.05) is 17.4 Å². The number of nitrogens with zero attached hydrogens (tertiary/aromatic N) is 1. The summed E-state index contributed by atoms with van der Waals surface area (Å²) in [5.74, 6) is -0.381. The molecule has 0 aliphatic carbocycles. The second-order valence-corrected chi connectivity index (χ2v) is 6.80. The van der Waals surface area contributed by atoms with Crippen LogP contribution >= 0.6 is 22.9 Å². The highest BCUT2D eigenvalue weighted by atomic mass is 35.5. The first-order chi connectivity index (χ1) is 10.1. The largest absolute Gasteiger partial charge is 0.329 e. The Morgan fingerprint density at radius 3 is 3.00 bits per heavy atom. The normalized spacial score (nSPS) is 20.3. The van der Waals surface area contributed by atoms with Crippen molar-refractivity contribution in [2.24, 2.45) is 5.73 Å². The van der Waals surface area contributed by atoms with Crippen LogP contribution in [0.4, 0.5) is 4.39 Å². The molecule has 0 bridgehead atoms. The predicted octanol–water partition coefficient (Wildman–Crippen LogP) is 4.16. The number of nitrogens with two attached hydrogens (primary N) is 1. The van der Waals surface area contributed by atoms with Crippen molar-refractivity contribution in [1.82, 2.24) is 4.90 Å². The van der Waals surface area contributed by atoms with E-state index in [9.17, 15) is 4.39 Å². The van der Waals surface area contributed by atoms with E-state index >= 15 is 0 Å². The molecule has 2 heterocycles. The van der Waals surface area contributed by atoms with Gasteiger partial charge in [0.05, 0.1) is 5.02 Å². The van der Waals surface area contributed by atoms with Crippen molar-refractivity contribution >= 4 is 22.9 Å². The highest BCUT2D eigenvalue weighted by Gasteiger charge is 2.30. The maximum atomic E-state index is 13.7. The third-order valence-electron chi connectivity index (χ3n) is 4.28. The summed E-state index contributed by atoms with van der Waals surface area (Å²) >= 11 is 7.59. The topological polar surface area (TPSA) is 29.3 Å². The molecule has 2 nitrogen and oxygen atoms in total. The van der Waals surface area contributed by atoms with E-state index in [0.717, 1.165) is 18.5 Å². The van der Waals surface area contributed by atoms with Gasteiger partial charge in [0, 0.05) is 30.1 Å². The molecule has 0 fully saturated rings. The molecule has 0 saturated carbocycles. The Hall–Kier alpha value is -0.940. The van der Waals surface area contributed by atoms with Gasteiger partial charge in [-0.15, -0.1) is 11.3 Å². The minimum Gasteiger partial charge on any atom is -0.329 e. The molecule has 112 valence electrons. The van der Waals surface area contributed by atoms with Crippen molar-refractivity contribution in [3.63, 3.8) is 0 Å². The quantitative estimate of drug-likeness (QED) is 0.918. The molecule has 3 rings (SSSR count). The molecule has 2 unspecified atom stereocenters. The Balaban J connectivity index is 1.92. The molecule has 0 radical (unpaired) electrons. The number of hydrogen-bond acceptors (Lipinski definition) is 3. The van der Waals surface area contributed by atoms with Gasteiger partial charge in [0.25, 0.3) is 0 Å². The van der Waals surface area contributed by atoms with Gasteiger partial charge >= 0.3 is 0 Å². The Morgan fingerprint density at radius 2 is 2.29 bits per heavy atom. The maximum absolute atomic E-state index is 13.7. The molecule has 5 heteroatoms. The van der Waals surface area contributed by atoms with Crippen LogP contribution in [0.2, 0.25) is 5.02 Å². The summed E-state index contributed by atoms with van der Waals surface area (Å²) in [6.07, 6.45) is 1.03. The molecule has 2 atom stereocenters. The monoisotopic (exact) mass is 324 g/mol. The molecule has 21 heavy (non-hydrogen) atoms. The summed E-state index contributed by atoms with van der Waals surface area (Å²) in [6, 6.07) is 7.49. The van der Waals surface area contributed by atoms with Crippen LogP contribution in [-0.4, -0.2) is 18.0 Å². The van der Waals surface area contributed by atoms with E-state index in [1.165, 1.54) is 16.5 Å². The number of halogens is 2. The summed E-state index contributed by atoms with van der Waals surface area (Å²) in [7, 11) is 0. The standard InChI is InChI=1S/C16H18ClFN2S/c1-10-12-5-7-21-16(12)4-6-20(10)15(9-19)11-2-3-13(17)14(18)8-11/h2-3,5,7-8,10,15H,4,6,9,19H2,1H3. The van der Waals surface area contributed by atoms with Gasteiger partial charge in [0.2, 0.25) is 0 Å². The van der Waals surface area contributed by atoms with Crippen molar-refractivity contribution in [1.29, 1.82) is 0 Å². The summed E-state index contributed by atoms with van der Waals surface area (Å²) in [4.78, 5) is 3.81. The first-order valence-electron chi connectivity index (χ1n) is 7.09. The Labute approximate surface area is 133 Å². The van der Waals surface area contributed by atoms with Crippen LogP contribution in [0.1, 0.15) is 35.0 Å². The van der Waals surface area contributed by atoms with Crippen LogP contribution in [0, 0.1) is 5.82 Å². The van der Waals surface area contributed by atoms with Gasteiger partial charge in [0.15, 0.2) is 0 Å². The molecule has 2 aromatic rings. The minimum atomic E-state index is -0.381. The molecular weight excluding hydrogens is 307 g/mol. The molecule has 1 aromatic heterocycles. The van der Waals surface area contributed by atoms with Gasteiger partial charge < -0.3 is 5.73 Å². The second kappa shape index (κ2) is 6.05. The molecule has 0 amide bonds. The summed E-state index contributed by atoms with van der Waals surface area (Å²) in [6.45, 7) is 3.60. The van der Waals surface area contributed by atoms with Crippen LogP contribution < -0.4 is 5.73 Å². The van der Waals surface area contributed by atoms with Gasteiger partial charge in [-0.25, -0.2) is 4.39 Å². The van der Waals surface area contributed by atoms with Crippen LogP contribution in [0.25, 0.3) is 0 Å². The highest BCUT2D eigenvalue weighted by Crippen LogP contribution is 2.38. The Kier molecular flexibility index (Phi) is 4.31. The molecule has 1 aromatic carbocycles. The SMILES string of the molecule is CC1c2ccsc2CCN1C(CN)c1ccc(Cl)c(F)c1.